The first kappa shape index (κ1) is 9.77. The maximum absolute atomic E-state index is 5.84. The molecule has 1 aliphatic heterocycles. The van der Waals surface area contributed by atoms with Gasteiger partial charge in [-0.1, -0.05) is 11.6 Å². The molecule has 0 radical (unpaired) electrons. The lowest BCUT2D eigenvalue weighted by atomic mass is 10.2. The van der Waals surface area contributed by atoms with Gasteiger partial charge in [0.25, 0.3) is 0 Å². The number of halogens is 1. The fourth-order valence-electron chi connectivity index (χ4n) is 1.41. The quantitative estimate of drug-likeness (QED) is 0.817. The Morgan fingerprint density at radius 1 is 1.50 bits per heavy atom. The zero-order chi connectivity index (χ0) is 9.97. The second kappa shape index (κ2) is 4.17. The summed E-state index contributed by atoms with van der Waals surface area (Å²) in [6.45, 7) is 1.11. The molecule has 1 heterocycles. The predicted octanol–water partition coefficient (Wildman–Crippen LogP) is 1.92. The zero-order valence-electron chi connectivity index (χ0n) is 7.70. The molecule has 0 bridgehead atoms. The maximum atomic E-state index is 5.84. The first-order chi connectivity index (χ1) is 6.79. The van der Waals surface area contributed by atoms with Crippen LogP contribution in [-0.2, 0) is 11.3 Å². The fraction of sp³-hybridized carbons (Fsp3) is 0.400. The van der Waals surface area contributed by atoms with Crippen molar-refractivity contribution in [3.8, 4) is 5.75 Å². The number of hydrogen-bond acceptors (Lipinski definition) is 3. The van der Waals surface area contributed by atoms with Gasteiger partial charge in [0.2, 0.25) is 6.29 Å². The summed E-state index contributed by atoms with van der Waals surface area (Å²) in [5.41, 5.74) is 6.41. The molecule has 0 spiro atoms. The molecule has 0 saturated carbocycles. The Labute approximate surface area is 87.8 Å². The standard InChI is InChI=1S/C10H12ClNO2/c11-8-1-2-9-7(5-8)6-13-10(14-9)3-4-12/h1-2,5,10H,3-4,6,12H2. The molecule has 2 N–H and O–H groups in total. The average molecular weight is 214 g/mol. The molecule has 0 fully saturated rings. The lowest BCUT2D eigenvalue weighted by molar-refractivity contribution is -0.109. The molecule has 1 aromatic rings. The van der Waals surface area contributed by atoms with Gasteiger partial charge in [0.15, 0.2) is 0 Å². The molecule has 14 heavy (non-hydrogen) atoms. The lowest BCUT2D eigenvalue weighted by Crippen LogP contribution is -2.27. The third kappa shape index (κ3) is 2.00. The fourth-order valence-corrected chi connectivity index (χ4v) is 1.61. The van der Waals surface area contributed by atoms with E-state index in [1.165, 1.54) is 0 Å². The van der Waals surface area contributed by atoms with E-state index in [1.807, 2.05) is 18.2 Å². The van der Waals surface area contributed by atoms with Gasteiger partial charge in [-0.2, -0.15) is 0 Å². The predicted molar refractivity (Wildman–Crippen MR) is 54.3 cm³/mol. The maximum Gasteiger partial charge on any atom is 0.201 e. The molecule has 76 valence electrons. The van der Waals surface area contributed by atoms with E-state index in [0.29, 0.717) is 24.6 Å². The van der Waals surface area contributed by atoms with Gasteiger partial charge in [-0.15, -0.1) is 0 Å². The van der Waals surface area contributed by atoms with Gasteiger partial charge >= 0.3 is 0 Å². The Morgan fingerprint density at radius 3 is 3.14 bits per heavy atom. The number of nitrogens with two attached hydrogens (primary N) is 1. The summed E-state index contributed by atoms with van der Waals surface area (Å²) < 4.78 is 11.0. The molecule has 2 rings (SSSR count). The number of benzene rings is 1. The molecular formula is C10H12ClNO2. The van der Waals surface area contributed by atoms with Crippen LogP contribution in [0.2, 0.25) is 5.02 Å². The van der Waals surface area contributed by atoms with Crippen molar-refractivity contribution in [2.45, 2.75) is 19.3 Å². The van der Waals surface area contributed by atoms with E-state index >= 15 is 0 Å². The normalized spacial score (nSPS) is 20.0. The van der Waals surface area contributed by atoms with Crippen LogP contribution in [0.4, 0.5) is 0 Å². The second-order valence-corrected chi connectivity index (χ2v) is 3.62. The van der Waals surface area contributed by atoms with Crippen LogP contribution in [0.3, 0.4) is 0 Å². The van der Waals surface area contributed by atoms with E-state index < -0.39 is 0 Å². The van der Waals surface area contributed by atoms with Crippen molar-refractivity contribution in [2.75, 3.05) is 6.54 Å². The summed E-state index contributed by atoms with van der Waals surface area (Å²) in [6.07, 6.45) is 0.496. The zero-order valence-corrected chi connectivity index (χ0v) is 8.46. The van der Waals surface area contributed by atoms with Crippen molar-refractivity contribution in [2.24, 2.45) is 5.73 Å². The Balaban J connectivity index is 2.15. The largest absolute Gasteiger partial charge is 0.465 e. The molecule has 0 aliphatic carbocycles. The SMILES string of the molecule is NCCC1OCc2cc(Cl)ccc2O1. The molecule has 1 unspecified atom stereocenters. The van der Waals surface area contributed by atoms with Gasteiger partial charge in [-0.25, -0.2) is 0 Å². The molecule has 4 heteroatoms. The van der Waals surface area contributed by atoms with Crippen molar-refractivity contribution >= 4 is 11.6 Å². The third-order valence-corrected chi connectivity index (χ3v) is 2.34. The van der Waals surface area contributed by atoms with Gasteiger partial charge in [-0.3, -0.25) is 0 Å². The summed E-state index contributed by atoms with van der Waals surface area (Å²) in [4.78, 5) is 0. The van der Waals surface area contributed by atoms with Crippen molar-refractivity contribution < 1.29 is 9.47 Å². The first-order valence-corrected chi connectivity index (χ1v) is 4.94. The highest BCUT2D eigenvalue weighted by atomic mass is 35.5. The highest BCUT2D eigenvalue weighted by Gasteiger charge is 2.19. The summed E-state index contributed by atoms with van der Waals surface area (Å²) in [5, 5.41) is 0.702. The number of rotatable bonds is 2. The Bertz CT molecular complexity index is 330. The van der Waals surface area contributed by atoms with Crippen LogP contribution in [0.1, 0.15) is 12.0 Å². The van der Waals surface area contributed by atoms with Crippen molar-refractivity contribution in [1.29, 1.82) is 0 Å². The molecule has 0 aromatic heterocycles. The van der Waals surface area contributed by atoms with Crippen LogP contribution in [0.5, 0.6) is 5.75 Å². The van der Waals surface area contributed by atoms with Crippen LogP contribution in [0.15, 0.2) is 18.2 Å². The molecule has 1 aromatic carbocycles. The van der Waals surface area contributed by atoms with Crippen molar-refractivity contribution in [1.82, 2.24) is 0 Å². The number of fused-ring (bicyclic) bond motifs is 1. The van der Waals surface area contributed by atoms with Crippen molar-refractivity contribution in [3.63, 3.8) is 0 Å². The first-order valence-electron chi connectivity index (χ1n) is 4.56. The van der Waals surface area contributed by atoms with Crippen LogP contribution in [-0.4, -0.2) is 12.8 Å². The summed E-state index contributed by atoms with van der Waals surface area (Å²) in [6, 6.07) is 5.53. The summed E-state index contributed by atoms with van der Waals surface area (Å²) >= 11 is 5.84. The summed E-state index contributed by atoms with van der Waals surface area (Å²) in [7, 11) is 0. The second-order valence-electron chi connectivity index (χ2n) is 3.19. The minimum absolute atomic E-state index is 0.214. The van der Waals surface area contributed by atoms with Crippen LogP contribution in [0.25, 0.3) is 0 Å². The average Bonchev–Trinajstić information content (AvgIpc) is 2.19. The third-order valence-electron chi connectivity index (χ3n) is 2.11. The number of hydrogen-bond donors (Lipinski definition) is 1. The Hall–Kier alpha value is -0.770. The highest BCUT2D eigenvalue weighted by molar-refractivity contribution is 6.30. The highest BCUT2D eigenvalue weighted by Crippen LogP contribution is 2.29. The Morgan fingerprint density at radius 2 is 2.36 bits per heavy atom. The molecule has 1 atom stereocenters. The molecular weight excluding hydrogens is 202 g/mol. The van der Waals surface area contributed by atoms with Crippen LogP contribution >= 0.6 is 11.6 Å². The van der Waals surface area contributed by atoms with Gasteiger partial charge in [0.05, 0.1) is 6.61 Å². The van der Waals surface area contributed by atoms with Crippen LogP contribution in [0, 0.1) is 0 Å². The van der Waals surface area contributed by atoms with Gasteiger partial charge in [-0.05, 0) is 24.7 Å². The molecule has 3 nitrogen and oxygen atoms in total. The van der Waals surface area contributed by atoms with Gasteiger partial charge in [0.1, 0.15) is 5.75 Å². The minimum Gasteiger partial charge on any atom is -0.465 e. The Kier molecular flexibility index (Phi) is 2.91. The molecule has 0 amide bonds. The molecule has 0 saturated heterocycles. The van der Waals surface area contributed by atoms with Gasteiger partial charge in [0, 0.05) is 17.0 Å². The van der Waals surface area contributed by atoms with E-state index in [-0.39, 0.29) is 6.29 Å². The monoisotopic (exact) mass is 213 g/mol. The van der Waals surface area contributed by atoms with E-state index in [4.69, 9.17) is 26.8 Å². The topological polar surface area (TPSA) is 44.5 Å². The van der Waals surface area contributed by atoms with E-state index in [9.17, 15) is 0 Å². The smallest absolute Gasteiger partial charge is 0.201 e. The van der Waals surface area contributed by atoms with E-state index in [2.05, 4.69) is 0 Å². The van der Waals surface area contributed by atoms with Crippen LogP contribution < -0.4 is 10.5 Å². The lowest BCUT2D eigenvalue weighted by Gasteiger charge is -2.26. The van der Waals surface area contributed by atoms with E-state index in [0.717, 1.165) is 11.3 Å². The van der Waals surface area contributed by atoms with Gasteiger partial charge < -0.3 is 15.2 Å². The van der Waals surface area contributed by atoms with E-state index in [1.54, 1.807) is 0 Å². The summed E-state index contributed by atoms with van der Waals surface area (Å²) in [5.74, 6) is 0.846. The minimum atomic E-state index is -0.214. The number of ether oxygens (including phenoxy) is 2. The molecule has 1 aliphatic rings. The van der Waals surface area contributed by atoms with Crippen molar-refractivity contribution in [3.05, 3.63) is 28.8 Å².